The molecule has 0 aliphatic carbocycles. The van der Waals surface area contributed by atoms with E-state index in [2.05, 4.69) is 25.4 Å². The number of nitrogens with one attached hydrogen (secondary N) is 2. The monoisotopic (exact) mass is 908 g/mol. The number of fused-ring (bicyclic) bond motifs is 2. The Hall–Kier alpha value is -5.85. The number of nitrogens with zero attached hydrogens (tertiary/aromatic N) is 6. The zero-order valence-corrected chi connectivity index (χ0v) is 36.8. The van der Waals surface area contributed by atoms with Crippen molar-refractivity contribution in [1.82, 2.24) is 29.9 Å². The van der Waals surface area contributed by atoms with E-state index in [1.54, 1.807) is 34.3 Å². The molecular weight excluding hydrogens is 860 g/mol. The number of amides is 6. The van der Waals surface area contributed by atoms with Gasteiger partial charge in [0.2, 0.25) is 17.7 Å². The van der Waals surface area contributed by atoms with Crippen molar-refractivity contribution in [3.05, 3.63) is 99.8 Å². The van der Waals surface area contributed by atoms with E-state index in [0.29, 0.717) is 54.8 Å². The van der Waals surface area contributed by atoms with Crippen LogP contribution in [-0.2, 0) is 32.3 Å². The molecule has 5 aliphatic heterocycles. The number of thiazole rings is 1. The molecule has 0 bridgehead atoms. The van der Waals surface area contributed by atoms with Crippen LogP contribution in [0.1, 0.15) is 88.4 Å². The maximum absolute atomic E-state index is 14.4. The lowest BCUT2D eigenvalue weighted by atomic mass is 10.0. The number of phenolic OH excluding ortho intramolecular Hbond substituents is 1. The van der Waals surface area contributed by atoms with Crippen molar-refractivity contribution in [2.45, 2.75) is 81.1 Å². The molecule has 15 nitrogen and oxygen atoms in total. The average Bonchev–Trinajstić information content (AvgIpc) is 4.02. The van der Waals surface area contributed by atoms with Crippen LogP contribution >= 0.6 is 23.1 Å². The van der Waals surface area contributed by atoms with Gasteiger partial charge in [-0.15, -0.1) is 23.1 Å². The van der Waals surface area contributed by atoms with Gasteiger partial charge in [0.1, 0.15) is 23.7 Å². The van der Waals surface area contributed by atoms with Gasteiger partial charge in [-0.05, 0) is 91.4 Å². The summed E-state index contributed by atoms with van der Waals surface area (Å²) in [5.74, 6) is -1.84. The number of rotatable bonds is 13. The molecule has 334 valence electrons. The van der Waals surface area contributed by atoms with E-state index in [-0.39, 0.29) is 47.9 Å². The molecule has 2 unspecified atom stereocenters. The van der Waals surface area contributed by atoms with Gasteiger partial charge in [0.15, 0.2) is 5.13 Å². The number of imide groups is 1. The second-order valence-corrected chi connectivity index (χ2v) is 18.9. The number of anilines is 2. The number of hydrogen-bond acceptors (Lipinski definition) is 12. The smallest absolute Gasteiger partial charge is 0.255 e. The zero-order chi connectivity index (χ0) is 44.5. The van der Waals surface area contributed by atoms with Crippen LogP contribution in [0.3, 0.4) is 0 Å². The Bertz CT molecular complexity index is 2470. The summed E-state index contributed by atoms with van der Waals surface area (Å²) in [6, 6.07) is 13.3. The summed E-state index contributed by atoms with van der Waals surface area (Å²) in [6.45, 7) is 5.10. The molecule has 4 aromatic rings. The van der Waals surface area contributed by atoms with E-state index in [1.807, 2.05) is 35.2 Å². The van der Waals surface area contributed by atoms with Gasteiger partial charge < -0.3 is 24.7 Å². The Morgan fingerprint density at radius 1 is 0.922 bits per heavy atom. The third-order valence-corrected chi connectivity index (χ3v) is 14.9. The number of carbonyl (C=O) groups is 6. The minimum Gasteiger partial charge on any atom is -0.508 e. The standard InChI is InChI=1S/C46H49FN8O7S2/c47-29-8-11-37(56)34(24-29)41(43(60)50-46-48-15-23-64-46)55-26-28-7-9-31(25-33(28)45(55)62)51-16-13-30(14-17-51)52-18-20-53(21-19-52)40(58)6-1-2-22-63-38-5-3-4-32-35(38)27-54(44(32)61)36-10-12-39(57)49-42(36)59/h3-5,7-9,11,15,23-25,30,36,41,56H,1-2,6,10,12-14,16-22,26-27H2,(H,48,50,60)(H,49,57,59). The van der Waals surface area contributed by atoms with Crippen LogP contribution < -0.4 is 15.5 Å². The number of phenols is 1. The number of halogens is 1. The second kappa shape index (κ2) is 18.7. The summed E-state index contributed by atoms with van der Waals surface area (Å²) < 4.78 is 14.4. The van der Waals surface area contributed by atoms with Gasteiger partial charge in [0.25, 0.3) is 17.7 Å². The first kappa shape index (κ1) is 43.4. The highest BCUT2D eigenvalue weighted by Crippen LogP contribution is 2.39. The van der Waals surface area contributed by atoms with Gasteiger partial charge in [-0.3, -0.25) is 44.3 Å². The number of hydrogen-bond donors (Lipinski definition) is 3. The molecule has 3 N–H and O–H groups in total. The van der Waals surface area contributed by atoms with Gasteiger partial charge in [-0.25, -0.2) is 9.37 Å². The minimum atomic E-state index is -1.29. The summed E-state index contributed by atoms with van der Waals surface area (Å²) in [4.78, 5) is 93.0. The topological polar surface area (TPSA) is 176 Å². The zero-order valence-electron chi connectivity index (χ0n) is 35.2. The molecule has 6 heterocycles. The van der Waals surface area contributed by atoms with Crippen LogP contribution in [0, 0.1) is 5.82 Å². The molecule has 2 atom stereocenters. The van der Waals surface area contributed by atoms with E-state index in [1.165, 1.54) is 22.3 Å². The highest BCUT2D eigenvalue weighted by atomic mass is 32.2. The highest BCUT2D eigenvalue weighted by molar-refractivity contribution is 7.99. The molecule has 6 amide bonds. The number of carbonyl (C=O) groups excluding carboxylic acids is 6. The molecule has 64 heavy (non-hydrogen) atoms. The average molecular weight is 909 g/mol. The first-order chi connectivity index (χ1) is 31.0. The number of piperazine rings is 1. The van der Waals surface area contributed by atoms with E-state index in [4.69, 9.17) is 0 Å². The lowest BCUT2D eigenvalue weighted by Crippen LogP contribution is -2.54. The lowest BCUT2D eigenvalue weighted by Gasteiger charge is -2.43. The fourth-order valence-corrected chi connectivity index (χ4v) is 11.2. The predicted molar refractivity (Wildman–Crippen MR) is 238 cm³/mol. The quantitative estimate of drug-likeness (QED) is 0.0919. The summed E-state index contributed by atoms with van der Waals surface area (Å²) >= 11 is 2.88. The number of piperidine rings is 2. The van der Waals surface area contributed by atoms with Crippen LogP contribution in [0.15, 0.2) is 71.1 Å². The molecule has 18 heteroatoms. The summed E-state index contributed by atoms with van der Waals surface area (Å²) in [5.41, 5.74) is 3.64. The minimum absolute atomic E-state index is 0.00921. The van der Waals surface area contributed by atoms with Crippen LogP contribution in [0.2, 0.25) is 0 Å². The first-order valence-corrected chi connectivity index (χ1v) is 23.7. The third kappa shape index (κ3) is 8.95. The van der Waals surface area contributed by atoms with Crippen molar-refractivity contribution in [2.24, 2.45) is 0 Å². The number of thioether (sulfide) groups is 1. The van der Waals surface area contributed by atoms with Crippen LogP contribution in [-0.4, -0.2) is 122 Å². The van der Waals surface area contributed by atoms with Crippen LogP contribution in [0.4, 0.5) is 15.2 Å². The molecule has 9 rings (SSSR count). The summed E-state index contributed by atoms with van der Waals surface area (Å²) in [7, 11) is 0. The molecular formula is C46H49FN8O7S2. The molecule has 5 aliphatic rings. The molecule has 3 aromatic carbocycles. The second-order valence-electron chi connectivity index (χ2n) is 16.8. The number of aromatic hydroxyl groups is 1. The van der Waals surface area contributed by atoms with Crippen molar-refractivity contribution in [1.29, 1.82) is 0 Å². The van der Waals surface area contributed by atoms with Crippen molar-refractivity contribution >= 4 is 69.4 Å². The van der Waals surface area contributed by atoms with E-state index in [9.17, 15) is 38.3 Å². The normalized spacial score (nSPS) is 19.8. The number of aromatic nitrogens is 1. The SMILES string of the molecule is O=C1CCC(N2Cc3c(SCCCCC(=O)N4CCN(C5CCN(c6ccc7c(c6)C(=O)N(C(C(=O)Nc6nccs6)c6cc(F)ccc6O)C7)CC5)CC4)cccc3C2=O)C(=O)N1. The van der Waals surface area contributed by atoms with Crippen LogP contribution in [0.5, 0.6) is 5.75 Å². The van der Waals surface area contributed by atoms with E-state index < -0.39 is 29.7 Å². The Labute approximate surface area is 378 Å². The number of benzene rings is 3. The fraction of sp³-hybridized carbons (Fsp3) is 0.413. The Morgan fingerprint density at radius 3 is 2.50 bits per heavy atom. The lowest BCUT2D eigenvalue weighted by molar-refractivity contribution is -0.137. The molecule has 3 fully saturated rings. The van der Waals surface area contributed by atoms with Crippen molar-refractivity contribution < 1.29 is 38.3 Å². The van der Waals surface area contributed by atoms with Crippen molar-refractivity contribution in [2.75, 3.05) is 55.2 Å². The molecule has 3 saturated heterocycles. The summed E-state index contributed by atoms with van der Waals surface area (Å²) in [6.07, 6.45) is 6.08. The van der Waals surface area contributed by atoms with Gasteiger partial charge in [-0.2, -0.15) is 0 Å². The Morgan fingerprint density at radius 2 is 1.73 bits per heavy atom. The van der Waals surface area contributed by atoms with Gasteiger partial charge in [0.05, 0.1) is 0 Å². The maximum Gasteiger partial charge on any atom is 0.255 e. The van der Waals surface area contributed by atoms with Gasteiger partial charge in [-0.1, -0.05) is 12.1 Å². The largest absolute Gasteiger partial charge is 0.508 e. The molecule has 0 saturated carbocycles. The summed E-state index contributed by atoms with van der Waals surface area (Å²) in [5, 5.41) is 17.8. The van der Waals surface area contributed by atoms with Crippen LogP contribution in [0.25, 0.3) is 0 Å². The first-order valence-electron chi connectivity index (χ1n) is 21.8. The predicted octanol–water partition coefficient (Wildman–Crippen LogP) is 5.16. The van der Waals surface area contributed by atoms with Crippen molar-refractivity contribution in [3.63, 3.8) is 0 Å². The van der Waals surface area contributed by atoms with Gasteiger partial charge in [0, 0.05) is 110 Å². The molecule has 0 spiro atoms. The van der Waals surface area contributed by atoms with Gasteiger partial charge >= 0.3 is 0 Å². The molecule has 0 radical (unpaired) electrons. The maximum atomic E-state index is 14.4. The highest BCUT2D eigenvalue weighted by Gasteiger charge is 2.41. The fourth-order valence-electron chi connectivity index (χ4n) is 9.61. The van der Waals surface area contributed by atoms with E-state index >= 15 is 0 Å². The Kier molecular flexibility index (Phi) is 12.7. The van der Waals surface area contributed by atoms with E-state index in [0.717, 1.165) is 91.5 Å². The number of unbranched alkanes of at least 4 members (excludes halogenated alkanes) is 1. The van der Waals surface area contributed by atoms with Crippen molar-refractivity contribution in [3.8, 4) is 5.75 Å². The molecule has 1 aromatic heterocycles. The third-order valence-electron chi connectivity index (χ3n) is 13.0. The Balaban J connectivity index is 0.721.